The summed E-state index contributed by atoms with van der Waals surface area (Å²) in [5.74, 6) is 1.13. The van der Waals surface area contributed by atoms with Crippen LogP contribution in [0.15, 0.2) is 0 Å². The van der Waals surface area contributed by atoms with E-state index in [0.29, 0.717) is 6.61 Å². The zero-order valence-electron chi connectivity index (χ0n) is 12.7. The monoisotopic (exact) mass is 325 g/mol. The van der Waals surface area contributed by atoms with Gasteiger partial charge < -0.3 is 19.9 Å². The Bertz CT molecular complexity index is 170. The molecule has 0 aliphatic heterocycles. The van der Waals surface area contributed by atoms with Crippen LogP contribution in [0.5, 0.6) is 0 Å². The number of nitrogens with one attached hydrogen (secondary N) is 1. The molecule has 0 heterocycles. The minimum Gasteiger partial charge on any atom is -0.380 e. The molecule has 20 heavy (non-hydrogen) atoms. The highest BCUT2D eigenvalue weighted by Crippen LogP contribution is 2.12. The first-order valence-electron chi connectivity index (χ1n) is 7.65. The van der Waals surface area contributed by atoms with Crippen molar-refractivity contribution in [1.82, 2.24) is 5.32 Å². The SMILES string of the molecule is CCOCCNCCOC(O)CCCCCCCSS. The number of aliphatic hydroxyl groups excluding tert-OH is 1. The molecule has 0 fully saturated rings. The first-order chi connectivity index (χ1) is 9.81. The molecule has 0 aromatic rings. The largest absolute Gasteiger partial charge is 0.380 e. The third-order valence-electron chi connectivity index (χ3n) is 2.90. The second-order valence-electron chi connectivity index (χ2n) is 4.66. The lowest BCUT2D eigenvalue weighted by Crippen LogP contribution is -2.26. The molecule has 0 rings (SSSR count). The van der Waals surface area contributed by atoms with Gasteiger partial charge in [-0.1, -0.05) is 30.1 Å². The Kier molecular flexibility index (Phi) is 18.1. The molecule has 0 radical (unpaired) electrons. The van der Waals surface area contributed by atoms with Crippen molar-refractivity contribution >= 4 is 22.5 Å². The van der Waals surface area contributed by atoms with Gasteiger partial charge in [-0.25, -0.2) is 0 Å². The fourth-order valence-corrected chi connectivity index (χ4v) is 2.50. The molecular weight excluding hydrogens is 294 g/mol. The molecular formula is C14H31NO3S2. The lowest BCUT2D eigenvalue weighted by Gasteiger charge is -2.12. The molecule has 4 nitrogen and oxygen atoms in total. The number of aliphatic hydroxyl groups is 1. The minimum absolute atomic E-state index is 0.548. The van der Waals surface area contributed by atoms with Crippen molar-refractivity contribution in [2.75, 3.05) is 38.7 Å². The number of rotatable bonds is 16. The van der Waals surface area contributed by atoms with Crippen LogP contribution < -0.4 is 5.32 Å². The number of ether oxygens (including phenoxy) is 2. The van der Waals surface area contributed by atoms with E-state index in [1.54, 1.807) is 10.8 Å². The van der Waals surface area contributed by atoms with Crippen LogP contribution in [0.4, 0.5) is 0 Å². The zero-order valence-corrected chi connectivity index (χ0v) is 14.4. The Morgan fingerprint density at radius 2 is 1.80 bits per heavy atom. The van der Waals surface area contributed by atoms with Gasteiger partial charge in [0.05, 0.1) is 13.2 Å². The van der Waals surface area contributed by atoms with Crippen LogP contribution in [0, 0.1) is 0 Å². The van der Waals surface area contributed by atoms with E-state index in [4.69, 9.17) is 9.47 Å². The smallest absolute Gasteiger partial charge is 0.154 e. The molecule has 0 bridgehead atoms. The van der Waals surface area contributed by atoms with Crippen molar-refractivity contribution in [3.8, 4) is 0 Å². The van der Waals surface area contributed by atoms with Gasteiger partial charge in [-0.15, -0.1) is 11.7 Å². The maximum atomic E-state index is 9.64. The van der Waals surface area contributed by atoms with E-state index in [1.165, 1.54) is 25.7 Å². The average molecular weight is 326 g/mol. The van der Waals surface area contributed by atoms with E-state index in [0.717, 1.165) is 44.9 Å². The van der Waals surface area contributed by atoms with E-state index in [1.807, 2.05) is 6.92 Å². The molecule has 1 unspecified atom stereocenters. The highest BCUT2D eigenvalue weighted by Gasteiger charge is 2.03. The summed E-state index contributed by atoms with van der Waals surface area (Å²) in [5, 5.41) is 12.8. The highest BCUT2D eigenvalue weighted by atomic mass is 33.1. The van der Waals surface area contributed by atoms with Gasteiger partial charge in [0, 0.05) is 25.4 Å². The molecule has 0 saturated heterocycles. The molecule has 0 amide bonds. The van der Waals surface area contributed by atoms with Crippen molar-refractivity contribution < 1.29 is 14.6 Å². The lowest BCUT2D eigenvalue weighted by molar-refractivity contribution is -0.102. The molecule has 0 spiro atoms. The van der Waals surface area contributed by atoms with Crippen LogP contribution in [0.3, 0.4) is 0 Å². The summed E-state index contributed by atoms with van der Waals surface area (Å²) in [5.41, 5.74) is 0. The van der Waals surface area contributed by atoms with Crippen molar-refractivity contribution in [3.05, 3.63) is 0 Å². The van der Waals surface area contributed by atoms with Crippen molar-refractivity contribution in [3.63, 3.8) is 0 Å². The Labute approximate surface area is 133 Å². The second-order valence-corrected chi connectivity index (χ2v) is 6.10. The van der Waals surface area contributed by atoms with Gasteiger partial charge in [-0.2, -0.15) is 0 Å². The predicted molar refractivity (Wildman–Crippen MR) is 90.5 cm³/mol. The molecule has 1 atom stereocenters. The van der Waals surface area contributed by atoms with Gasteiger partial charge in [0.15, 0.2) is 6.29 Å². The zero-order chi connectivity index (χ0) is 14.9. The van der Waals surface area contributed by atoms with Crippen LogP contribution in [-0.4, -0.2) is 50.1 Å². The average Bonchev–Trinajstić information content (AvgIpc) is 2.45. The van der Waals surface area contributed by atoms with Crippen LogP contribution >= 0.6 is 22.5 Å². The maximum Gasteiger partial charge on any atom is 0.154 e. The van der Waals surface area contributed by atoms with Crippen molar-refractivity contribution in [2.45, 2.75) is 51.7 Å². The Morgan fingerprint density at radius 1 is 1.10 bits per heavy atom. The maximum absolute atomic E-state index is 9.64. The Balaban J connectivity index is 3.11. The summed E-state index contributed by atoms with van der Waals surface area (Å²) in [6, 6.07) is 0. The first-order valence-corrected chi connectivity index (χ1v) is 9.69. The molecule has 0 aromatic heterocycles. The van der Waals surface area contributed by atoms with Gasteiger partial charge in [-0.3, -0.25) is 0 Å². The second kappa shape index (κ2) is 17.6. The summed E-state index contributed by atoms with van der Waals surface area (Å²) in [7, 11) is 1.61. The lowest BCUT2D eigenvalue weighted by atomic mass is 10.1. The number of thiol groups is 1. The van der Waals surface area contributed by atoms with Gasteiger partial charge in [0.2, 0.25) is 0 Å². The topological polar surface area (TPSA) is 50.7 Å². The summed E-state index contributed by atoms with van der Waals surface area (Å²) in [4.78, 5) is 0. The van der Waals surface area contributed by atoms with E-state index >= 15 is 0 Å². The van der Waals surface area contributed by atoms with Gasteiger partial charge in [0.25, 0.3) is 0 Å². The van der Waals surface area contributed by atoms with E-state index < -0.39 is 6.29 Å². The highest BCUT2D eigenvalue weighted by molar-refractivity contribution is 8.68. The predicted octanol–water partition coefficient (Wildman–Crippen LogP) is 2.87. The minimum atomic E-state index is -0.614. The fraction of sp³-hybridized carbons (Fsp3) is 1.00. The first kappa shape index (κ1) is 20.5. The Hall–Kier alpha value is 0.540. The molecule has 0 aliphatic carbocycles. The van der Waals surface area contributed by atoms with Gasteiger partial charge >= 0.3 is 0 Å². The number of hydrogen-bond acceptors (Lipinski definition) is 6. The standard InChI is InChI=1S/C14H31NO3S2/c1-2-17-11-9-15-10-12-18-14(16)8-6-4-3-5-7-13-20-19/h14-16,19H,2-13H2,1H3. The third kappa shape index (κ3) is 16.6. The molecule has 0 saturated carbocycles. The van der Waals surface area contributed by atoms with Crippen molar-refractivity contribution in [2.24, 2.45) is 0 Å². The molecule has 122 valence electrons. The van der Waals surface area contributed by atoms with E-state index in [-0.39, 0.29) is 0 Å². The summed E-state index contributed by atoms with van der Waals surface area (Å²) in [6.07, 6.45) is 6.06. The molecule has 2 N–H and O–H groups in total. The van der Waals surface area contributed by atoms with Gasteiger partial charge in [0.1, 0.15) is 0 Å². The van der Waals surface area contributed by atoms with Gasteiger partial charge in [-0.05, 0) is 26.2 Å². The quantitative estimate of drug-likeness (QED) is 0.176. The Morgan fingerprint density at radius 3 is 2.55 bits per heavy atom. The molecule has 0 aromatic carbocycles. The van der Waals surface area contributed by atoms with Crippen molar-refractivity contribution in [1.29, 1.82) is 0 Å². The van der Waals surface area contributed by atoms with E-state index in [2.05, 4.69) is 17.0 Å². The fourth-order valence-electron chi connectivity index (χ4n) is 1.78. The summed E-state index contributed by atoms with van der Waals surface area (Å²) >= 11 is 4.11. The number of hydrogen-bond donors (Lipinski definition) is 3. The molecule has 6 heteroatoms. The van der Waals surface area contributed by atoms with Crippen LogP contribution in [0.2, 0.25) is 0 Å². The van der Waals surface area contributed by atoms with Crippen LogP contribution in [0.25, 0.3) is 0 Å². The molecule has 0 aliphatic rings. The number of unbranched alkanes of at least 4 members (excludes halogenated alkanes) is 4. The third-order valence-corrected chi connectivity index (χ3v) is 3.92. The van der Waals surface area contributed by atoms with E-state index in [9.17, 15) is 5.11 Å². The normalized spacial score (nSPS) is 12.8. The van der Waals surface area contributed by atoms with Crippen LogP contribution in [-0.2, 0) is 9.47 Å². The summed E-state index contributed by atoms with van der Waals surface area (Å²) < 4.78 is 10.5. The van der Waals surface area contributed by atoms with Crippen LogP contribution in [0.1, 0.15) is 45.4 Å². The summed E-state index contributed by atoms with van der Waals surface area (Å²) in [6.45, 7) is 5.60.